The van der Waals surface area contributed by atoms with E-state index in [1.54, 1.807) is 29.2 Å². The number of aromatic nitrogens is 2. The van der Waals surface area contributed by atoms with Crippen LogP contribution in [0.1, 0.15) is 68.1 Å². The lowest BCUT2D eigenvalue weighted by molar-refractivity contribution is 0.0595. The first-order valence-corrected chi connectivity index (χ1v) is 16.4. The summed E-state index contributed by atoms with van der Waals surface area (Å²) in [5.74, 6) is 0.435. The highest BCUT2D eigenvalue weighted by molar-refractivity contribution is 7.39. The van der Waals surface area contributed by atoms with Crippen molar-refractivity contribution in [1.82, 2.24) is 9.97 Å². The molecule has 0 spiro atoms. The number of H-pyrrole nitrogens is 2. The zero-order valence-electron chi connectivity index (χ0n) is 27.7. The van der Waals surface area contributed by atoms with Gasteiger partial charge < -0.3 is 48.1 Å². The lowest BCUT2D eigenvalue weighted by Crippen LogP contribution is -2.29. The average Bonchev–Trinajstić information content (AvgIpc) is 3.83. The van der Waals surface area contributed by atoms with Gasteiger partial charge in [0, 0.05) is 29.8 Å². The molecule has 0 radical (unpaired) electrons. The third kappa shape index (κ3) is 8.12. The van der Waals surface area contributed by atoms with Crippen molar-refractivity contribution < 1.29 is 42.8 Å². The molecule has 45 heavy (non-hydrogen) atoms. The summed E-state index contributed by atoms with van der Waals surface area (Å²) in [6.07, 6.45) is 1.98. The maximum absolute atomic E-state index is 13.7. The normalized spacial score (nSPS) is 11.0. The molecule has 0 saturated carbocycles. The smallest absolute Gasteiger partial charge is 0.391 e. The Morgan fingerprint density at radius 1 is 0.800 bits per heavy atom. The summed E-state index contributed by atoms with van der Waals surface area (Å²) >= 11 is 4.64. The molecule has 12 nitrogen and oxygen atoms in total. The number of alkyl halides is 1. The van der Waals surface area contributed by atoms with Crippen molar-refractivity contribution in [3.8, 4) is 23.0 Å². The Morgan fingerprint density at radius 2 is 1.40 bits per heavy atom. The zero-order valence-corrected chi connectivity index (χ0v) is 29.4. The van der Waals surface area contributed by atoms with Crippen molar-refractivity contribution in [2.45, 2.75) is 48.0 Å². The van der Waals surface area contributed by atoms with Crippen LogP contribution in [0.2, 0.25) is 0 Å². The maximum atomic E-state index is 13.7. The van der Waals surface area contributed by atoms with Crippen LogP contribution >= 0.6 is 20.2 Å². The first kappa shape index (κ1) is 39.3. The van der Waals surface area contributed by atoms with E-state index in [0.717, 1.165) is 5.56 Å². The third-order valence-corrected chi connectivity index (χ3v) is 6.68. The highest BCUT2D eigenvalue weighted by Gasteiger charge is 2.32. The minimum absolute atomic E-state index is 0.0903. The summed E-state index contributed by atoms with van der Waals surface area (Å²) in [7, 11) is 3.02. The number of rotatable bonds is 7. The molecule has 0 aliphatic carbocycles. The second kappa shape index (κ2) is 19.0. The van der Waals surface area contributed by atoms with Gasteiger partial charge in [0.05, 0.1) is 45.2 Å². The largest absolute Gasteiger partial charge is 0.493 e. The molecule has 1 aliphatic heterocycles. The average molecular weight is 670 g/mol. The first-order chi connectivity index (χ1) is 21.8. The summed E-state index contributed by atoms with van der Waals surface area (Å²) in [6, 6.07) is 6.60. The Bertz CT molecular complexity index is 1550. The number of hydrogen-bond acceptors (Lipinski definition) is 9. The summed E-state index contributed by atoms with van der Waals surface area (Å²) in [5, 5.41) is 1.31. The van der Waals surface area contributed by atoms with Crippen molar-refractivity contribution in [1.29, 1.82) is 0 Å². The van der Waals surface area contributed by atoms with Crippen molar-refractivity contribution in [3.05, 3.63) is 41.2 Å². The minimum Gasteiger partial charge on any atom is -0.493 e. The summed E-state index contributed by atoms with van der Waals surface area (Å²) in [4.78, 5) is 52.5. The van der Waals surface area contributed by atoms with Crippen LogP contribution in [-0.2, 0) is 11.2 Å². The molecule has 1 amide bonds. The van der Waals surface area contributed by atoms with E-state index in [0.29, 0.717) is 63.4 Å². The van der Waals surface area contributed by atoms with Crippen molar-refractivity contribution in [3.63, 3.8) is 0 Å². The standard InChI is InChI=1S/C24H24N3O9P.3C2H6.CH3Cl/c1-32-18-8-11-7-14(25-19(11)22(34-3)21(18)33-2)23(28)27-6-5-12-13-9-15(24(29)35-4)26-20(13)17(10-16(12)27)36-37(30)31;4*1-2/h7-10,25-26,30-31H,5-6H2,1-4H3;3*1-2H3;1H3. The molecular formula is C31H45ClN3O9P. The molecule has 5 rings (SSSR count). The van der Waals surface area contributed by atoms with Crippen LogP contribution in [0.5, 0.6) is 23.0 Å². The lowest BCUT2D eigenvalue weighted by atomic mass is 10.1. The Balaban J connectivity index is 0.00000117. The van der Waals surface area contributed by atoms with E-state index >= 15 is 0 Å². The molecule has 14 heteroatoms. The monoisotopic (exact) mass is 669 g/mol. The van der Waals surface area contributed by atoms with Crippen LogP contribution in [0.3, 0.4) is 0 Å². The van der Waals surface area contributed by atoms with Gasteiger partial charge in [0.2, 0.25) is 5.75 Å². The molecule has 3 heterocycles. The van der Waals surface area contributed by atoms with Gasteiger partial charge in [-0.15, -0.1) is 11.6 Å². The number of halogens is 1. The van der Waals surface area contributed by atoms with Crippen molar-refractivity contribution in [2.75, 3.05) is 46.3 Å². The Kier molecular flexibility index (Phi) is 16.6. The second-order valence-corrected chi connectivity index (χ2v) is 8.87. The van der Waals surface area contributed by atoms with Gasteiger partial charge in [-0.05, 0) is 30.2 Å². The van der Waals surface area contributed by atoms with E-state index < -0.39 is 14.6 Å². The van der Waals surface area contributed by atoms with Gasteiger partial charge in [0.1, 0.15) is 11.4 Å². The van der Waals surface area contributed by atoms with E-state index in [1.165, 1.54) is 34.8 Å². The lowest BCUT2D eigenvalue weighted by Gasteiger charge is -2.18. The number of anilines is 1. The molecule has 2 aromatic carbocycles. The predicted octanol–water partition coefficient (Wildman–Crippen LogP) is 7.19. The van der Waals surface area contributed by atoms with Crippen molar-refractivity contribution >= 4 is 59.6 Å². The molecule has 250 valence electrons. The molecule has 0 bridgehead atoms. The fourth-order valence-electron chi connectivity index (χ4n) is 4.75. The number of nitrogens with one attached hydrogen (secondary N) is 2. The first-order valence-electron chi connectivity index (χ1n) is 14.4. The number of hydrogen-bond donors (Lipinski definition) is 4. The highest BCUT2D eigenvalue weighted by atomic mass is 35.5. The van der Waals surface area contributed by atoms with Gasteiger partial charge in [-0.2, -0.15) is 0 Å². The van der Waals surface area contributed by atoms with E-state index in [4.69, 9.17) is 23.5 Å². The fraction of sp³-hybridized carbons (Fsp3) is 0.419. The number of fused-ring (bicyclic) bond motifs is 4. The Labute approximate surface area is 270 Å². The molecule has 1 aliphatic rings. The molecule has 4 aromatic rings. The number of nitrogens with zero attached hydrogens (tertiary/aromatic N) is 1. The summed E-state index contributed by atoms with van der Waals surface area (Å²) < 4.78 is 26.4. The number of benzene rings is 2. The van der Waals surface area contributed by atoms with E-state index in [2.05, 4.69) is 21.6 Å². The van der Waals surface area contributed by atoms with Gasteiger partial charge in [-0.25, -0.2) is 4.79 Å². The number of amides is 1. The zero-order chi connectivity index (χ0) is 34.4. The van der Waals surface area contributed by atoms with Gasteiger partial charge in [-0.3, -0.25) is 4.79 Å². The van der Waals surface area contributed by atoms with Crippen LogP contribution in [0.15, 0.2) is 24.3 Å². The number of ether oxygens (including phenoxy) is 4. The summed E-state index contributed by atoms with van der Waals surface area (Å²) in [5.41, 5.74) is 2.78. The van der Waals surface area contributed by atoms with E-state index in [-0.39, 0.29) is 17.4 Å². The molecule has 4 N–H and O–H groups in total. The van der Waals surface area contributed by atoms with E-state index in [1.807, 2.05) is 41.5 Å². The minimum atomic E-state index is -2.75. The Hall–Kier alpha value is -3.70. The topological polar surface area (TPSA) is 156 Å². The van der Waals surface area contributed by atoms with Gasteiger partial charge in [0.15, 0.2) is 17.2 Å². The fourth-order valence-corrected chi connectivity index (χ4v) is 5.07. The molecule has 0 saturated heterocycles. The highest BCUT2D eigenvalue weighted by Crippen LogP contribution is 2.45. The molecule has 2 aromatic heterocycles. The Morgan fingerprint density at radius 3 is 1.93 bits per heavy atom. The number of carbonyl (C=O) groups excluding carboxylic acids is 2. The molecule has 0 unspecified atom stereocenters. The van der Waals surface area contributed by atoms with E-state index in [9.17, 15) is 19.4 Å². The van der Waals surface area contributed by atoms with Gasteiger partial charge in [-0.1, -0.05) is 41.5 Å². The van der Waals surface area contributed by atoms with Crippen LogP contribution in [0.25, 0.3) is 21.8 Å². The SMILES string of the molecule is CC.CC.CC.CCl.COC(=O)c1cc2c3c(cc(OP(O)O)c2[nH]1)N(C(=O)c1cc2cc(OC)c(OC)c(OC)c2[nH]1)CC3. The molecule has 0 atom stereocenters. The number of methoxy groups -OCH3 is 4. The van der Waals surface area contributed by atoms with Crippen LogP contribution in [0.4, 0.5) is 5.69 Å². The summed E-state index contributed by atoms with van der Waals surface area (Å²) in [6.45, 7) is 12.4. The number of aromatic amines is 2. The third-order valence-electron chi connectivity index (χ3n) is 6.32. The molecule has 0 fully saturated rings. The van der Waals surface area contributed by atoms with Crippen molar-refractivity contribution in [2.24, 2.45) is 0 Å². The van der Waals surface area contributed by atoms with Crippen LogP contribution in [0, 0.1) is 0 Å². The quantitative estimate of drug-likeness (QED) is 0.0909. The molecular weight excluding hydrogens is 625 g/mol. The van der Waals surface area contributed by atoms with Gasteiger partial charge >= 0.3 is 14.6 Å². The second-order valence-electron chi connectivity index (χ2n) is 8.18. The number of esters is 1. The maximum Gasteiger partial charge on any atom is 0.391 e. The predicted molar refractivity (Wildman–Crippen MR) is 181 cm³/mol. The van der Waals surface area contributed by atoms with Crippen LogP contribution in [-0.4, -0.2) is 73.0 Å². The number of carbonyl (C=O) groups is 2. The van der Waals surface area contributed by atoms with Crippen LogP contribution < -0.4 is 23.6 Å². The van der Waals surface area contributed by atoms with Gasteiger partial charge in [0.25, 0.3) is 5.91 Å².